The fourth-order valence-electron chi connectivity index (χ4n) is 1.54. The Morgan fingerprint density at radius 1 is 1.50 bits per heavy atom. The van der Waals surface area contributed by atoms with Gasteiger partial charge in [0.05, 0.1) is 18.1 Å². The summed E-state index contributed by atoms with van der Waals surface area (Å²) < 4.78 is 44.8. The zero-order valence-corrected chi connectivity index (χ0v) is 9.68. The molecule has 5 nitrogen and oxygen atoms in total. The predicted molar refractivity (Wildman–Crippen MR) is 56.2 cm³/mol. The third kappa shape index (κ3) is 3.74. The Kier molecular flexibility index (Phi) is 3.81. The first kappa shape index (κ1) is 12.3. The molecule has 1 aliphatic rings. The van der Waals surface area contributed by atoms with Crippen molar-refractivity contribution in [3.63, 3.8) is 0 Å². The summed E-state index contributed by atoms with van der Waals surface area (Å²) in [4.78, 5) is 0. The minimum absolute atomic E-state index is 0.0410. The molecule has 1 heterocycles. The lowest BCUT2D eigenvalue weighted by Crippen LogP contribution is -2.16. The molecule has 2 N–H and O–H groups in total. The zero-order chi connectivity index (χ0) is 10.8. The summed E-state index contributed by atoms with van der Waals surface area (Å²) in [6, 6.07) is 0. The van der Waals surface area contributed by atoms with Gasteiger partial charge >= 0.3 is 0 Å². The van der Waals surface area contributed by atoms with E-state index < -0.39 is 20.7 Å². The second-order valence-corrected chi connectivity index (χ2v) is 7.65. The average molecular weight is 244 g/mol. The SMILES string of the molecule is CS(=O)(=O)OCCC1CCCS1(O)O. The largest absolute Gasteiger partial charge is 0.299 e. The van der Waals surface area contributed by atoms with E-state index in [0.29, 0.717) is 12.2 Å². The summed E-state index contributed by atoms with van der Waals surface area (Å²) in [5, 5.41) is -0.191. The van der Waals surface area contributed by atoms with Crippen molar-refractivity contribution in [1.82, 2.24) is 0 Å². The van der Waals surface area contributed by atoms with Crippen LogP contribution in [0.5, 0.6) is 0 Å². The molecule has 1 saturated heterocycles. The van der Waals surface area contributed by atoms with Gasteiger partial charge in [0.25, 0.3) is 10.1 Å². The smallest absolute Gasteiger partial charge is 0.264 e. The number of rotatable bonds is 4. The Balaban J connectivity index is 2.32. The topological polar surface area (TPSA) is 83.8 Å². The first-order chi connectivity index (χ1) is 6.31. The highest BCUT2D eigenvalue weighted by Gasteiger charge is 2.31. The highest BCUT2D eigenvalue weighted by Crippen LogP contribution is 2.53. The van der Waals surface area contributed by atoms with Gasteiger partial charge in [-0.3, -0.25) is 13.3 Å². The quantitative estimate of drug-likeness (QED) is 0.727. The fourth-order valence-corrected chi connectivity index (χ4v) is 3.88. The van der Waals surface area contributed by atoms with E-state index in [1.807, 2.05) is 0 Å². The van der Waals surface area contributed by atoms with Gasteiger partial charge in [0.15, 0.2) is 0 Å². The van der Waals surface area contributed by atoms with Gasteiger partial charge < -0.3 is 0 Å². The molecule has 14 heavy (non-hydrogen) atoms. The molecule has 0 aromatic rings. The molecule has 1 unspecified atom stereocenters. The van der Waals surface area contributed by atoms with E-state index in [-0.39, 0.29) is 11.9 Å². The van der Waals surface area contributed by atoms with Crippen molar-refractivity contribution in [1.29, 1.82) is 0 Å². The summed E-state index contributed by atoms with van der Waals surface area (Å²) in [7, 11) is -5.89. The van der Waals surface area contributed by atoms with Crippen molar-refractivity contribution in [2.75, 3.05) is 18.6 Å². The van der Waals surface area contributed by atoms with Crippen LogP contribution in [0.3, 0.4) is 0 Å². The van der Waals surface area contributed by atoms with E-state index in [1.165, 1.54) is 0 Å². The predicted octanol–water partition coefficient (Wildman–Crippen LogP) is 1.27. The first-order valence-corrected chi connectivity index (χ1v) is 8.00. The molecule has 0 amide bonds. The molecule has 0 aromatic heterocycles. The van der Waals surface area contributed by atoms with Crippen molar-refractivity contribution in [3.8, 4) is 0 Å². The molecule has 7 heteroatoms. The zero-order valence-electron chi connectivity index (χ0n) is 8.05. The molecule has 1 fully saturated rings. The fraction of sp³-hybridized carbons (Fsp3) is 1.00. The Morgan fingerprint density at radius 2 is 2.14 bits per heavy atom. The molecule has 0 bridgehead atoms. The van der Waals surface area contributed by atoms with Gasteiger partial charge in [0.1, 0.15) is 0 Å². The minimum Gasteiger partial charge on any atom is -0.299 e. The minimum atomic E-state index is -3.41. The van der Waals surface area contributed by atoms with Crippen LogP contribution in [0.15, 0.2) is 0 Å². The Hall–Kier alpha value is 0.180. The maximum absolute atomic E-state index is 10.6. The molecule has 0 radical (unpaired) electrons. The number of hydrogen-bond donors (Lipinski definition) is 2. The first-order valence-electron chi connectivity index (χ1n) is 4.40. The number of hydrogen-bond acceptors (Lipinski definition) is 5. The summed E-state index contributed by atoms with van der Waals surface area (Å²) in [5.41, 5.74) is 0. The maximum Gasteiger partial charge on any atom is 0.264 e. The van der Waals surface area contributed by atoms with Crippen LogP contribution in [0.25, 0.3) is 0 Å². The van der Waals surface area contributed by atoms with Crippen LogP contribution in [0.2, 0.25) is 0 Å². The molecule has 0 saturated carbocycles. The van der Waals surface area contributed by atoms with Gasteiger partial charge in [-0.1, -0.05) is 0 Å². The van der Waals surface area contributed by atoms with Gasteiger partial charge in [-0.05, 0) is 19.3 Å². The van der Waals surface area contributed by atoms with Crippen LogP contribution < -0.4 is 0 Å². The van der Waals surface area contributed by atoms with Gasteiger partial charge in [-0.25, -0.2) is 0 Å². The Bertz CT molecular complexity index is 284. The molecular formula is C7H16O5S2. The van der Waals surface area contributed by atoms with E-state index in [2.05, 4.69) is 4.18 Å². The van der Waals surface area contributed by atoms with Crippen molar-refractivity contribution in [3.05, 3.63) is 0 Å². The van der Waals surface area contributed by atoms with Crippen LogP contribution in [0.4, 0.5) is 0 Å². The van der Waals surface area contributed by atoms with Crippen LogP contribution in [-0.4, -0.2) is 41.4 Å². The van der Waals surface area contributed by atoms with Gasteiger partial charge in [0.2, 0.25) is 0 Å². The third-order valence-electron chi connectivity index (χ3n) is 2.24. The molecule has 1 atom stereocenters. The molecule has 1 rings (SSSR count). The Labute approximate surface area is 85.9 Å². The lowest BCUT2D eigenvalue weighted by molar-refractivity contribution is 0.309. The monoisotopic (exact) mass is 244 g/mol. The lowest BCUT2D eigenvalue weighted by Gasteiger charge is -2.33. The highest BCUT2D eigenvalue weighted by atomic mass is 32.3. The standard InChI is InChI=1S/C7H16O5S2/c1-13(8,9)12-5-4-7-3-2-6-14(7,10)11/h7,10-11H,2-6H2,1H3. The van der Waals surface area contributed by atoms with E-state index in [1.54, 1.807) is 0 Å². The summed E-state index contributed by atoms with van der Waals surface area (Å²) in [5.74, 6) is 0.441. The van der Waals surface area contributed by atoms with Crippen LogP contribution in [0, 0.1) is 0 Å². The molecule has 1 aliphatic heterocycles. The maximum atomic E-state index is 10.6. The van der Waals surface area contributed by atoms with Gasteiger partial charge in [-0.2, -0.15) is 19.0 Å². The van der Waals surface area contributed by atoms with Crippen LogP contribution in [-0.2, 0) is 14.3 Å². The lowest BCUT2D eigenvalue weighted by atomic mass is 10.2. The van der Waals surface area contributed by atoms with Crippen molar-refractivity contribution in [2.45, 2.75) is 24.5 Å². The molecule has 86 valence electrons. The van der Waals surface area contributed by atoms with E-state index >= 15 is 0 Å². The van der Waals surface area contributed by atoms with Crippen LogP contribution >= 0.6 is 10.6 Å². The molecular weight excluding hydrogens is 228 g/mol. The van der Waals surface area contributed by atoms with Gasteiger partial charge in [-0.15, -0.1) is 0 Å². The average Bonchev–Trinajstić information content (AvgIpc) is 2.28. The van der Waals surface area contributed by atoms with Crippen molar-refractivity contribution >= 4 is 20.7 Å². The van der Waals surface area contributed by atoms with Crippen molar-refractivity contribution in [2.24, 2.45) is 0 Å². The summed E-state index contributed by atoms with van der Waals surface area (Å²) in [6.45, 7) is 0.0410. The normalized spacial score (nSPS) is 28.9. The van der Waals surface area contributed by atoms with Crippen molar-refractivity contribution < 1.29 is 21.7 Å². The van der Waals surface area contributed by atoms with Crippen LogP contribution in [0.1, 0.15) is 19.3 Å². The molecule has 0 spiro atoms. The summed E-state index contributed by atoms with van der Waals surface area (Å²) >= 11 is 0. The summed E-state index contributed by atoms with van der Waals surface area (Å²) in [6.07, 6.45) is 2.93. The van der Waals surface area contributed by atoms with E-state index in [4.69, 9.17) is 0 Å². The van der Waals surface area contributed by atoms with Gasteiger partial charge in [0, 0.05) is 5.75 Å². The Morgan fingerprint density at radius 3 is 2.57 bits per heavy atom. The molecule has 0 aliphatic carbocycles. The second kappa shape index (κ2) is 4.36. The third-order valence-corrected chi connectivity index (χ3v) is 5.27. The highest BCUT2D eigenvalue weighted by molar-refractivity contribution is 8.25. The van der Waals surface area contributed by atoms with E-state index in [9.17, 15) is 17.5 Å². The van der Waals surface area contributed by atoms with E-state index in [0.717, 1.165) is 19.1 Å². The second-order valence-electron chi connectivity index (χ2n) is 3.50. The molecule has 0 aromatic carbocycles.